The monoisotopic (exact) mass is 302 g/mol. The van der Waals surface area contributed by atoms with E-state index >= 15 is 0 Å². The Bertz CT molecular complexity index is 430. The molecule has 2 N–H and O–H groups in total. The van der Waals surface area contributed by atoms with E-state index in [4.69, 9.17) is 0 Å². The highest BCUT2D eigenvalue weighted by atomic mass is 16.3. The Hall–Kier alpha value is -0.900. The number of benzene rings is 1. The van der Waals surface area contributed by atoms with Crippen LogP contribution in [0.3, 0.4) is 0 Å². The van der Waals surface area contributed by atoms with Gasteiger partial charge in [0.15, 0.2) is 0 Å². The minimum Gasteiger partial charge on any atom is -0.396 e. The van der Waals surface area contributed by atoms with Crippen LogP contribution in [-0.2, 0) is 6.54 Å². The van der Waals surface area contributed by atoms with Crippen LogP contribution in [0.2, 0.25) is 0 Å². The van der Waals surface area contributed by atoms with E-state index in [-0.39, 0.29) is 0 Å². The van der Waals surface area contributed by atoms with Crippen molar-refractivity contribution in [2.24, 2.45) is 5.92 Å². The molecule has 0 aromatic heterocycles. The van der Waals surface area contributed by atoms with Crippen molar-refractivity contribution in [1.29, 1.82) is 0 Å². The molecular weight excluding hydrogens is 272 g/mol. The van der Waals surface area contributed by atoms with Crippen molar-refractivity contribution in [2.75, 3.05) is 19.7 Å². The highest BCUT2D eigenvalue weighted by Gasteiger charge is 2.31. The second-order valence-electron chi connectivity index (χ2n) is 7.07. The third-order valence-electron chi connectivity index (χ3n) is 5.38. The fraction of sp³-hybridized carbons (Fsp3) is 0.684. The molecular formula is C19H30N2O. The highest BCUT2D eigenvalue weighted by Crippen LogP contribution is 2.29. The minimum absolute atomic E-state index is 0.328. The summed E-state index contributed by atoms with van der Waals surface area (Å²) in [6.07, 6.45) is 7.69. The van der Waals surface area contributed by atoms with E-state index in [2.05, 4.69) is 40.5 Å². The van der Waals surface area contributed by atoms with E-state index in [1.807, 2.05) is 0 Å². The zero-order valence-electron chi connectivity index (χ0n) is 13.6. The number of hydrogen-bond donors (Lipinski definition) is 2. The van der Waals surface area contributed by atoms with Gasteiger partial charge >= 0.3 is 0 Å². The number of nitrogens with zero attached hydrogens (tertiary/aromatic N) is 1. The molecule has 1 aromatic rings. The standard InChI is InChI=1S/C19H30N2O/c22-11-10-17-12-18(20-13-16-6-2-1-3-7-16)15-21(14-17)19-8-4-5-9-19/h1-3,6-7,17-20,22H,4-5,8-15H2. The predicted octanol–water partition coefficient (Wildman–Crippen LogP) is 2.79. The lowest BCUT2D eigenvalue weighted by atomic mass is 9.90. The molecule has 0 radical (unpaired) electrons. The maximum absolute atomic E-state index is 9.33. The summed E-state index contributed by atoms with van der Waals surface area (Å²) >= 11 is 0. The summed E-state index contributed by atoms with van der Waals surface area (Å²) in [6.45, 7) is 3.65. The number of aliphatic hydroxyl groups is 1. The Morgan fingerprint density at radius 1 is 1.09 bits per heavy atom. The largest absolute Gasteiger partial charge is 0.396 e. The fourth-order valence-electron chi connectivity index (χ4n) is 4.21. The summed E-state index contributed by atoms with van der Waals surface area (Å²) in [5, 5.41) is 13.1. The molecule has 0 spiro atoms. The van der Waals surface area contributed by atoms with Crippen molar-refractivity contribution in [2.45, 2.75) is 57.2 Å². The smallest absolute Gasteiger partial charge is 0.0434 e. The van der Waals surface area contributed by atoms with Gasteiger partial charge in [-0.25, -0.2) is 0 Å². The van der Waals surface area contributed by atoms with Crippen molar-refractivity contribution in [3.63, 3.8) is 0 Å². The fourth-order valence-corrected chi connectivity index (χ4v) is 4.21. The number of rotatable bonds is 6. The molecule has 22 heavy (non-hydrogen) atoms. The van der Waals surface area contributed by atoms with Crippen LogP contribution in [-0.4, -0.2) is 41.8 Å². The SMILES string of the molecule is OCCC1CC(NCc2ccccc2)CN(C2CCCC2)C1. The molecule has 3 heteroatoms. The molecule has 1 heterocycles. The van der Waals surface area contributed by atoms with Gasteiger partial charge in [0.1, 0.15) is 0 Å². The summed E-state index contributed by atoms with van der Waals surface area (Å²) in [5.41, 5.74) is 1.36. The Balaban J connectivity index is 1.56. The summed E-state index contributed by atoms with van der Waals surface area (Å²) in [7, 11) is 0. The lowest BCUT2D eigenvalue weighted by Gasteiger charge is -2.41. The molecule has 2 aliphatic rings. The van der Waals surface area contributed by atoms with Crippen molar-refractivity contribution in [3.8, 4) is 0 Å². The van der Waals surface area contributed by atoms with Crippen molar-refractivity contribution in [3.05, 3.63) is 35.9 Å². The Labute approximate surface area is 134 Å². The topological polar surface area (TPSA) is 35.5 Å². The predicted molar refractivity (Wildman–Crippen MR) is 90.7 cm³/mol. The number of likely N-dealkylation sites (tertiary alicyclic amines) is 1. The number of aliphatic hydroxyl groups excluding tert-OH is 1. The molecule has 122 valence electrons. The third kappa shape index (κ3) is 4.31. The maximum Gasteiger partial charge on any atom is 0.0434 e. The molecule has 2 unspecified atom stereocenters. The van der Waals surface area contributed by atoms with Crippen LogP contribution in [0.1, 0.15) is 44.1 Å². The van der Waals surface area contributed by atoms with Crippen molar-refractivity contribution < 1.29 is 5.11 Å². The van der Waals surface area contributed by atoms with Gasteiger partial charge in [0.2, 0.25) is 0 Å². The van der Waals surface area contributed by atoms with Gasteiger partial charge in [-0.15, -0.1) is 0 Å². The molecule has 1 aliphatic heterocycles. The molecule has 1 saturated heterocycles. The molecule has 1 aliphatic carbocycles. The van der Waals surface area contributed by atoms with Gasteiger partial charge in [0.25, 0.3) is 0 Å². The van der Waals surface area contributed by atoms with Gasteiger partial charge in [-0.1, -0.05) is 43.2 Å². The van der Waals surface area contributed by atoms with Gasteiger partial charge < -0.3 is 10.4 Å². The Kier molecular flexibility index (Phi) is 5.88. The van der Waals surface area contributed by atoms with Gasteiger partial charge in [-0.3, -0.25) is 4.90 Å². The Morgan fingerprint density at radius 2 is 1.86 bits per heavy atom. The first-order valence-corrected chi connectivity index (χ1v) is 8.97. The first-order chi connectivity index (χ1) is 10.8. The molecule has 0 amide bonds. The maximum atomic E-state index is 9.33. The van der Waals surface area contributed by atoms with Crippen LogP contribution >= 0.6 is 0 Å². The lowest BCUT2D eigenvalue weighted by molar-refractivity contribution is 0.0857. The van der Waals surface area contributed by atoms with Gasteiger partial charge in [0, 0.05) is 38.3 Å². The van der Waals surface area contributed by atoms with Gasteiger partial charge in [0.05, 0.1) is 0 Å². The van der Waals surface area contributed by atoms with Crippen molar-refractivity contribution in [1.82, 2.24) is 10.2 Å². The zero-order chi connectivity index (χ0) is 15.2. The van der Waals surface area contributed by atoms with E-state index in [9.17, 15) is 5.11 Å². The van der Waals surface area contributed by atoms with Gasteiger partial charge in [-0.2, -0.15) is 0 Å². The minimum atomic E-state index is 0.328. The normalized spacial score (nSPS) is 27.3. The molecule has 2 fully saturated rings. The van der Waals surface area contributed by atoms with Crippen LogP contribution < -0.4 is 5.32 Å². The van der Waals surface area contributed by atoms with E-state index in [0.717, 1.165) is 19.0 Å². The number of piperidine rings is 1. The van der Waals surface area contributed by atoms with Crippen LogP contribution in [0.15, 0.2) is 30.3 Å². The molecule has 0 bridgehead atoms. The summed E-state index contributed by atoms with van der Waals surface area (Å²) < 4.78 is 0. The van der Waals surface area contributed by atoms with Crippen LogP contribution in [0.5, 0.6) is 0 Å². The molecule has 2 atom stereocenters. The van der Waals surface area contributed by atoms with E-state index in [1.165, 1.54) is 50.8 Å². The second-order valence-corrected chi connectivity index (χ2v) is 7.07. The van der Waals surface area contributed by atoms with Crippen LogP contribution in [0, 0.1) is 5.92 Å². The lowest BCUT2D eigenvalue weighted by Crippen LogP contribution is -2.52. The summed E-state index contributed by atoms with van der Waals surface area (Å²) in [6, 6.07) is 12.0. The van der Waals surface area contributed by atoms with Gasteiger partial charge in [-0.05, 0) is 37.2 Å². The molecule has 1 saturated carbocycles. The van der Waals surface area contributed by atoms with E-state index in [1.54, 1.807) is 0 Å². The summed E-state index contributed by atoms with van der Waals surface area (Å²) in [5.74, 6) is 0.646. The average molecular weight is 302 g/mol. The van der Waals surface area contributed by atoms with Crippen molar-refractivity contribution >= 4 is 0 Å². The number of nitrogens with one attached hydrogen (secondary N) is 1. The van der Waals surface area contributed by atoms with E-state index in [0.29, 0.717) is 18.6 Å². The second kappa shape index (κ2) is 8.09. The highest BCUT2D eigenvalue weighted by molar-refractivity contribution is 5.14. The third-order valence-corrected chi connectivity index (χ3v) is 5.38. The van der Waals surface area contributed by atoms with Crippen LogP contribution in [0.25, 0.3) is 0 Å². The number of hydrogen-bond acceptors (Lipinski definition) is 3. The Morgan fingerprint density at radius 3 is 2.59 bits per heavy atom. The first-order valence-electron chi connectivity index (χ1n) is 8.97. The molecule has 3 nitrogen and oxygen atoms in total. The average Bonchev–Trinajstić information content (AvgIpc) is 3.09. The van der Waals surface area contributed by atoms with Crippen LogP contribution in [0.4, 0.5) is 0 Å². The zero-order valence-corrected chi connectivity index (χ0v) is 13.6. The summed E-state index contributed by atoms with van der Waals surface area (Å²) in [4.78, 5) is 2.71. The quantitative estimate of drug-likeness (QED) is 0.848. The molecule has 3 rings (SSSR count). The van der Waals surface area contributed by atoms with E-state index < -0.39 is 0 Å². The first kappa shape index (κ1) is 16.0. The molecule has 1 aromatic carbocycles.